The highest BCUT2D eigenvalue weighted by molar-refractivity contribution is 5.74. The predicted molar refractivity (Wildman–Crippen MR) is 108 cm³/mol. The first-order chi connectivity index (χ1) is 14.2. The van der Waals surface area contributed by atoms with Crippen molar-refractivity contribution >= 4 is 5.76 Å². The molecule has 0 radical (unpaired) electrons. The number of aromatic nitrogens is 2. The average molecular weight is 378 g/mol. The third kappa shape index (κ3) is 2.63. The van der Waals surface area contributed by atoms with Gasteiger partial charge in [-0.15, -0.1) is 0 Å². The molecule has 140 valence electrons. The van der Waals surface area contributed by atoms with E-state index in [-0.39, 0.29) is 5.92 Å². The van der Waals surface area contributed by atoms with E-state index in [0.717, 1.165) is 39.4 Å². The van der Waals surface area contributed by atoms with Crippen molar-refractivity contribution in [1.82, 2.24) is 9.78 Å². The van der Waals surface area contributed by atoms with E-state index in [9.17, 15) is 10.5 Å². The molecule has 0 fully saturated rings. The summed E-state index contributed by atoms with van der Waals surface area (Å²) in [4.78, 5) is 0. The molecule has 2 aliphatic rings. The number of hydrogen-bond acceptors (Lipinski definition) is 4. The Morgan fingerprint density at radius 1 is 1.07 bits per heavy atom. The Labute approximate surface area is 169 Å². The Morgan fingerprint density at radius 2 is 1.79 bits per heavy atom. The highest BCUT2D eigenvalue weighted by Gasteiger charge is 2.38. The lowest BCUT2D eigenvalue weighted by Gasteiger charge is -2.33. The summed E-state index contributed by atoms with van der Waals surface area (Å²) in [6.07, 6.45) is 1.31. The molecule has 29 heavy (non-hydrogen) atoms. The molecule has 3 aromatic rings. The number of rotatable bonds is 2. The first-order valence-electron chi connectivity index (χ1n) is 9.63. The number of fused-ring (bicyclic) bond motifs is 3. The van der Waals surface area contributed by atoms with E-state index < -0.39 is 5.92 Å². The number of para-hydroxylation sites is 1. The van der Waals surface area contributed by atoms with E-state index in [2.05, 4.69) is 24.3 Å². The third-order valence-corrected chi connectivity index (χ3v) is 5.83. The first-order valence-corrected chi connectivity index (χ1v) is 9.63. The van der Waals surface area contributed by atoms with Crippen LogP contribution < -0.4 is 4.74 Å². The fraction of sp³-hybridized carbons (Fsp3) is 0.208. The van der Waals surface area contributed by atoms with Gasteiger partial charge in [-0.3, -0.25) is 0 Å². The van der Waals surface area contributed by atoms with E-state index >= 15 is 0 Å². The molecular formula is C24H18N4O. The fourth-order valence-corrected chi connectivity index (χ4v) is 4.36. The summed E-state index contributed by atoms with van der Waals surface area (Å²) >= 11 is 0. The van der Waals surface area contributed by atoms with Crippen LogP contribution in [0.2, 0.25) is 0 Å². The summed E-state index contributed by atoms with van der Waals surface area (Å²) < 4.78 is 8.34. The molecule has 0 saturated heterocycles. The maximum Gasteiger partial charge on any atom is 0.226 e. The zero-order chi connectivity index (χ0) is 20.0. The van der Waals surface area contributed by atoms with Crippen LogP contribution in [0, 0.1) is 41.4 Å². The largest absolute Gasteiger partial charge is 0.438 e. The summed E-state index contributed by atoms with van der Waals surface area (Å²) in [5.74, 6) is 0.607. The van der Waals surface area contributed by atoms with Crippen LogP contribution in [-0.4, -0.2) is 9.78 Å². The second kappa shape index (κ2) is 6.65. The highest BCUT2D eigenvalue weighted by atomic mass is 16.5. The zero-order valence-electron chi connectivity index (χ0n) is 16.0. The van der Waals surface area contributed by atoms with E-state index in [4.69, 9.17) is 9.84 Å². The first kappa shape index (κ1) is 17.3. The van der Waals surface area contributed by atoms with Crippen molar-refractivity contribution in [3.05, 3.63) is 82.6 Å². The van der Waals surface area contributed by atoms with Crippen molar-refractivity contribution in [3.63, 3.8) is 0 Å². The minimum absolute atomic E-state index is 0.178. The summed E-state index contributed by atoms with van der Waals surface area (Å²) in [7, 11) is 0. The van der Waals surface area contributed by atoms with Crippen LogP contribution in [0.1, 0.15) is 22.4 Å². The fourth-order valence-electron chi connectivity index (χ4n) is 4.36. The summed E-state index contributed by atoms with van der Waals surface area (Å²) in [5, 5.41) is 23.9. The molecule has 0 bridgehead atoms. The molecule has 1 aromatic heterocycles. The second-order valence-electron chi connectivity index (χ2n) is 7.45. The molecule has 0 spiro atoms. The number of nitriles is 2. The Morgan fingerprint density at radius 3 is 2.55 bits per heavy atom. The van der Waals surface area contributed by atoms with Gasteiger partial charge in [-0.25, -0.2) is 4.68 Å². The lowest BCUT2D eigenvalue weighted by Crippen LogP contribution is -2.28. The van der Waals surface area contributed by atoms with Gasteiger partial charge in [0.25, 0.3) is 0 Å². The van der Waals surface area contributed by atoms with Crippen molar-refractivity contribution in [2.75, 3.05) is 0 Å². The standard InChI is InChI=1S/C24H18N4O/c1-15-20-12-22-21(17(13-25)14-26)11-16-7-5-6-10-19(16)23(22)29-24(20)28(27-15)18-8-3-2-4-9-18/h2-10,17,21H,11-12H2,1H3. The highest BCUT2D eigenvalue weighted by Crippen LogP contribution is 2.46. The van der Waals surface area contributed by atoms with Gasteiger partial charge in [0.2, 0.25) is 5.88 Å². The Kier molecular flexibility index (Phi) is 3.96. The quantitative estimate of drug-likeness (QED) is 0.664. The molecule has 5 heteroatoms. The maximum absolute atomic E-state index is 9.57. The van der Waals surface area contributed by atoms with Crippen molar-refractivity contribution in [2.45, 2.75) is 19.8 Å². The Balaban J connectivity index is 1.68. The van der Waals surface area contributed by atoms with Gasteiger partial charge >= 0.3 is 0 Å². The molecule has 1 unspecified atom stereocenters. The van der Waals surface area contributed by atoms with Crippen LogP contribution in [0.3, 0.4) is 0 Å². The minimum Gasteiger partial charge on any atom is -0.438 e. The summed E-state index contributed by atoms with van der Waals surface area (Å²) in [6, 6.07) is 22.4. The van der Waals surface area contributed by atoms with E-state index in [1.807, 2.05) is 54.1 Å². The SMILES string of the molecule is Cc1nn(-c2ccccc2)c2c1CC1=C(O2)c2ccccc2CC1C(C#N)C#N. The predicted octanol–water partition coefficient (Wildman–Crippen LogP) is 4.36. The van der Waals surface area contributed by atoms with Crippen LogP contribution >= 0.6 is 0 Å². The molecule has 5 rings (SSSR count). The van der Waals surface area contributed by atoms with Gasteiger partial charge in [0.05, 0.1) is 23.5 Å². The summed E-state index contributed by atoms with van der Waals surface area (Å²) in [6.45, 7) is 1.98. The van der Waals surface area contributed by atoms with Crippen molar-refractivity contribution < 1.29 is 4.74 Å². The van der Waals surface area contributed by atoms with Gasteiger partial charge in [-0.05, 0) is 36.6 Å². The molecule has 2 aromatic carbocycles. The number of ether oxygens (including phenoxy) is 1. The number of aryl methyl sites for hydroxylation is 1. The van der Waals surface area contributed by atoms with Gasteiger partial charge in [-0.2, -0.15) is 15.6 Å². The zero-order valence-corrected chi connectivity index (χ0v) is 16.0. The van der Waals surface area contributed by atoms with Crippen molar-refractivity contribution in [1.29, 1.82) is 10.5 Å². The monoisotopic (exact) mass is 378 g/mol. The molecule has 1 atom stereocenters. The van der Waals surface area contributed by atoms with E-state index in [1.54, 1.807) is 0 Å². The number of benzene rings is 2. The van der Waals surface area contributed by atoms with Crippen LogP contribution in [0.4, 0.5) is 0 Å². The van der Waals surface area contributed by atoms with Crippen molar-refractivity contribution in [3.8, 4) is 23.7 Å². The van der Waals surface area contributed by atoms with Crippen LogP contribution in [0.15, 0.2) is 60.2 Å². The molecule has 0 saturated carbocycles. The molecule has 1 aliphatic heterocycles. The van der Waals surface area contributed by atoms with Crippen LogP contribution in [-0.2, 0) is 12.8 Å². The third-order valence-electron chi connectivity index (χ3n) is 5.83. The van der Waals surface area contributed by atoms with Gasteiger partial charge in [0.15, 0.2) is 0 Å². The molecule has 5 nitrogen and oxygen atoms in total. The average Bonchev–Trinajstić information content (AvgIpc) is 3.10. The van der Waals surface area contributed by atoms with Crippen LogP contribution in [0.5, 0.6) is 5.88 Å². The van der Waals surface area contributed by atoms with Gasteiger partial charge in [0, 0.05) is 23.5 Å². The molecule has 1 aliphatic carbocycles. The minimum atomic E-state index is -0.706. The summed E-state index contributed by atoms with van der Waals surface area (Å²) in [5.41, 5.74) is 6.04. The maximum atomic E-state index is 9.57. The Hall–Kier alpha value is -3.83. The second-order valence-corrected chi connectivity index (χ2v) is 7.45. The normalized spacial score (nSPS) is 16.9. The molecule has 0 N–H and O–H groups in total. The van der Waals surface area contributed by atoms with E-state index in [1.165, 1.54) is 0 Å². The number of allylic oxidation sites excluding steroid dienone is 1. The lowest BCUT2D eigenvalue weighted by atomic mass is 9.73. The molecule has 0 amide bonds. The van der Waals surface area contributed by atoms with E-state index in [0.29, 0.717) is 18.7 Å². The number of hydrogen-bond donors (Lipinski definition) is 0. The topological polar surface area (TPSA) is 74.6 Å². The molecular weight excluding hydrogens is 360 g/mol. The molecule has 2 heterocycles. The van der Waals surface area contributed by atoms with Gasteiger partial charge in [-0.1, -0.05) is 42.5 Å². The van der Waals surface area contributed by atoms with Gasteiger partial charge in [0.1, 0.15) is 11.7 Å². The lowest BCUT2D eigenvalue weighted by molar-refractivity contribution is 0.416. The van der Waals surface area contributed by atoms with Crippen LogP contribution in [0.25, 0.3) is 11.4 Å². The van der Waals surface area contributed by atoms with Crippen molar-refractivity contribution in [2.24, 2.45) is 11.8 Å². The number of nitrogens with zero attached hydrogens (tertiary/aromatic N) is 4. The Bertz CT molecular complexity index is 1210. The van der Waals surface area contributed by atoms with Gasteiger partial charge < -0.3 is 4.74 Å². The smallest absolute Gasteiger partial charge is 0.226 e.